The molecule has 1 saturated heterocycles. The van der Waals surface area contributed by atoms with E-state index in [-0.39, 0.29) is 30.3 Å². The van der Waals surface area contributed by atoms with Gasteiger partial charge in [0.15, 0.2) is 0 Å². The maximum absolute atomic E-state index is 12.1. The van der Waals surface area contributed by atoms with Crippen LogP contribution >= 0.6 is 24.0 Å². The Labute approximate surface area is 125 Å². The van der Waals surface area contributed by atoms with E-state index in [1.165, 1.54) is 0 Å². The van der Waals surface area contributed by atoms with Crippen molar-refractivity contribution in [1.82, 2.24) is 10.6 Å². The summed E-state index contributed by atoms with van der Waals surface area (Å²) in [5, 5.41) is 7.06. The summed E-state index contributed by atoms with van der Waals surface area (Å²) in [4.78, 5) is 12.1. The van der Waals surface area contributed by atoms with Gasteiger partial charge in [0.2, 0.25) is 5.91 Å². The van der Waals surface area contributed by atoms with Crippen molar-refractivity contribution in [3.05, 3.63) is 34.9 Å². The Morgan fingerprint density at radius 3 is 2.47 bits per heavy atom. The third-order valence-electron chi connectivity index (χ3n) is 3.44. The molecule has 1 amide bonds. The van der Waals surface area contributed by atoms with Crippen LogP contribution in [0.2, 0.25) is 5.02 Å². The van der Waals surface area contributed by atoms with E-state index in [1.807, 2.05) is 31.2 Å². The van der Waals surface area contributed by atoms with E-state index < -0.39 is 0 Å². The summed E-state index contributed by atoms with van der Waals surface area (Å²) in [6.07, 6.45) is 1.86. The molecular formula is C14H20Cl2N2O. The Bertz CT molecular complexity index is 402. The zero-order valence-corrected chi connectivity index (χ0v) is 12.6. The van der Waals surface area contributed by atoms with Crippen LogP contribution < -0.4 is 10.6 Å². The van der Waals surface area contributed by atoms with Gasteiger partial charge in [0.05, 0.1) is 6.04 Å². The number of carbonyl (C=O) groups is 1. The van der Waals surface area contributed by atoms with Crippen molar-refractivity contribution in [2.45, 2.75) is 25.8 Å². The van der Waals surface area contributed by atoms with Crippen LogP contribution in [0.25, 0.3) is 0 Å². The number of rotatable bonds is 3. The highest BCUT2D eigenvalue weighted by atomic mass is 35.5. The molecule has 3 nitrogen and oxygen atoms in total. The van der Waals surface area contributed by atoms with Gasteiger partial charge in [-0.25, -0.2) is 0 Å². The topological polar surface area (TPSA) is 41.1 Å². The first-order chi connectivity index (χ1) is 8.66. The van der Waals surface area contributed by atoms with E-state index >= 15 is 0 Å². The van der Waals surface area contributed by atoms with Crippen LogP contribution in [-0.4, -0.2) is 19.0 Å². The van der Waals surface area contributed by atoms with Crippen molar-refractivity contribution in [3.8, 4) is 0 Å². The van der Waals surface area contributed by atoms with Gasteiger partial charge < -0.3 is 10.6 Å². The number of carbonyl (C=O) groups excluding carboxylic acids is 1. The maximum Gasteiger partial charge on any atom is 0.223 e. The minimum atomic E-state index is 0. The third kappa shape index (κ3) is 4.68. The average Bonchev–Trinajstić information content (AvgIpc) is 2.40. The molecule has 0 radical (unpaired) electrons. The molecule has 1 fully saturated rings. The quantitative estimate of drug-likeness (QED) is 0.901. The largest absolute Gasteiger partial charge is 0.349 e. The van der Waals surface area contributed by atoms with E-state index in [2.05, 4.69) is 10.6 Å². The summed E-state index contributed by atoms with van der Waals surface area (Å²) in [5.74, 6) is 0.319. The normalized spacial score (nSPS) is 17.4. The molecule has 0 bridgehead atoms. The summed E-state index contributed by atoms with van der Waals surface area (Å²) < 4.78 is 0. The molecule has 1 aliphatic rings. The lowest BCUT2D eigenvalue weighted by molar-refractivity contribution is -0.126. The molecule has 2 rings (SSSR count). The first-order valence-corrected chi connectivity index (χ1v) is 6.81. The van der Waals surface area contributed by atoms with Crippen LogP contribution in [0.15, 0.2) is 24.3 Å². The average molecular weight is 303 g/mol. The highest BCUT2D eigenvalue weighted by Crippen LogP contribution is 2.18. The van der Waals surface area contributed by atoms with E-state index in [1.54, 1.807) is 0 Å². The standard InChI is InChI=1S/C14H19ClN2O.ClH/c1-10(11-2-4-13(15)5-3-11)17-14(18)12-6-8-16-9-7-12;/h2-5,10,12,16H,6-9H2,1H3,(H,17,18);1H. The van der Waals surface area contributed by atoms with Gasteiger partial charge in [0.1, 0.15) is 0 Å². The number of hydrogen-bond acceptors (Lipinski definition) is 2. The number of halogens is 2. The van der Waals surface area contributed by atoms with Gasteiger partial charge in [-0.2, -0.15) is 0 Å². The fraction of sp³-hybridized carbons (Fsp3) is 0.500. The molecule has 5 heteroatoms. The van der Waals surface area contributed by atoms with Gasteiger partial charge in [-0.05, 0) is 50.6 Å². The lowest BCUT2D eigenvalue weighted by Crippen LogP contribution is -2.39. The van der Waals surface area contributed by atoms with Crippen LogP contribution in [0.4, 0.5) is 0 Å². The Morgan fingerprint density at radius 1 is 1.32 bits per heavy atom. The van der Waals surface area contributed by atoms with Crippen LogP contribution in [0, 0.1) is 5.92 Å². The minimum Gasteiger partial charge on any atom is -0.349 e. The second-order valence-corrected chi connectivity index (χ2v) is 5.24. The molecule has 0 aliphatic carbocycles. The molecule has 0 aromatic heterocycles. The van der Waals surface area contributed by atoms with Gasteiger partial charge >= 0.3 is 0 Å². The zero-order valence-electron chi connectivity index (χ0n) is 11.0. The summed E-state index contributed by atoms with van der Waals surface area (Å²) in [7, 11) is 0. The fourth-order valence-corrected chi connectivity index (χ4v) is 2.38. The smallest absolute Gasteiger partial charge is 0.223 e. The first kappa shape index (κ1) is 16.3. The molecule has 0 spiro atoms. The molecule has 0 saturated carbocycles. The summed E-state index contributed by atoms with van der Waals surface area (Å²) in [6, 6.07) is 7.64. The van der Waals surface area contributed by atoms with Crippen molar-refractivity contribution >= 4 is 29.9 Å². The van der Waals surface area contributed by atoms with Crippen LogP contribution in [0.5, 0.6) is 0 Å². The number of hydrogen-bond donors (Lipinski definition) is 2. The molecule has 1 aliphatic heterocycles. The third-order valence-corrected chi connectivity index (χ3v) is 3.69. The van der Waals surface area contributed by atoms with Crippen molar-refractivity contribution < 1.29 is 4.79 Å². The fourth-order valence-electron chi connectivity index (χ4n) is 2.25. The number of amides is 1. The Kier molecular flexibility index (Phi) is 6.63. The van der Waals surface area contributed by atoms with Gasteiger partial charge in [-0.15, -0.1) is 12.4 Å². The van der Waals surface area contributed by atoms with E-state index in [0.717, 1.165) is 36.5 Å². The highest BCUT2D eigenvalue weighted by Gasteiger charge is 2.22. The molecule has 1 aromatic rings. The molecule has 1 unspecified atom stereocenters. The Morgan fingerprint density at radius 2 is 1.89 bits per heavy atom. The number of nitrogens with one attached hydrogen (secondary N) is 2. The van der Waals surface area contributed by atoms with Crippen LogP contribution in [0.3, 0.4) is 0 Å². The second-order valence-electron chi connectivity index (χ2n) is 4.81. The van der Waals surface area contributed by atoms with Crippen molar-refractivity contribution in [2.24, 2.45) is 5.92 Å². The lowest BCUT2D eigenvalue weighted by atomic mass is 9.96. The van der Waals surface area contributed by atoms with Crippen molar-refractivity contribution in [3.63, 3.8) is 0 Å². The molecule has 1 aromatic carbocycles. The minimum absolute atomic E-state index is 0. The summed E-state index contributed by atoms with van der Waals surface area (Å²) in [5.41, 5.74) is 1.08. The first-order valence-electron chi connectivity index (χ1n) is 6.43. The number of piperidine rings is 1. The molecule has 2 N–H and O–H groups in total. The van der Waals surface area contributed by atoms with Crippen LogP contribution in [-0.2, 0) is 4.79 Å². The summed E-state index contributed by atoms with van der Waals surface area (Å²) in [6.45, 7) is 3.88. The van der Waals surface area contributed by atoms with E-state index in [0.29, 0.717) is 0 Å². The zero-order chi connectivity index (χ0) is 13.0. The lowest BCUT2D eigenvalue weighted by Gasteiger charge is -2.24. The van der Waals surface area contributed by atoms with Gasteiger partial charge in [-0.3, -0.25) is 4.79 Å². The van der Waals surface area contributed by atoms with Crippen molar-refractivity contribution in [2.75, 3.05) is 13.1 Å². The number of benzene rings is 1. The second kappa shape index (κ2) is 7.73. The van der Waals surface area contributed by atoms with Gasteiger partial charge in [0.25, 0.3) is 0 Å². The maximum atomic E-state index is 12.1. The van der Waals surface area contributed by atoms with Crippen LogP contribution in [0.1, 0.15) is 31.4 Å². The Balaban J connectivity index is 0.00000180. The SMILES string of the molecule is CC(NC(=O)C1CCNCC1)c1ccc(Cl)cc1.Cl. The highest BCUT2D eigenvalue weighted by molar-refractivity contribution is 6.30. The molecule has 1 atom stereocenters. The van der Waals surface area contributed by atoms with Gasteiger partial charge in [0, 0.05) is 10.9 Å². The summed E-state index contributed by atoms with van der Waals surface area (Å²) >= 11 is 5.85. The monoisotopic (exact) mass is 302 g/mol. The molecule has 1 heterocycles. The molecule has 106 valence electrons. The molecular weight excluding hydrogens is 283 g/mol. The van der Waals surface area contributed by atoms with E-state index in [9.17, 15) is 4.79 Å². The van der Waals surface area contributed by atoms with Gasteiger partial charge in [-0.1, -0.05) is 23.7 Å². The van der Waals surface area contributed by atoms with E-state index in [4.69, 9.17) is 11.6 Å². The Hall–Kier alpha value is -0.770. The predicted octanol–water partition coefficient (Wildman–Crippen LogP) is 2.94. The predicted molar refractivity (Wildman–Crippen MR) is 80.9 cm³/mol. The molecule has 19 heavy (non-hydrogen) atoms. The van der Waals surface area contributed by atoms with Crippen molar-refractivity contribution in [1.29, 1.82) is 0 Å².